The van der Waals surface area contributed by atoms with Gasteiger partial charge >= 0.3 is 0 Å². The van der Waals surface area contributed by atoms with E-state index >= 15 is 0 Å². The van der Waals surface area contributed by atoms with E-state index in [4.69, 9.17) is 11.6 Å². The number of benzene rings is 3. The number of amides is 1. The van der Waals surface area contributed by atoms with Crippen molar-refractivity contribution in [2.75, 3.05) is 23.7 Å². The number of nitrogens with one attached hydrogen (secondary N) is 5. The highest BCUT2D eigenvalue weighted by molar-refractivity contribution is 6.35. The number of carbonyl (C=O) groups excluding carboxylic acids is 1. The van der Waals surface area contributed by atoms with Gasteiger partial charge in [-0.2, -0.15) is 10.8 Å². The summed E-state index contributed by atoms with van der Waals surface area (Å²) < 4.78 is 26.9. The zero-order valence-corrected chi connectivity index (χ0v) is 24.4. The van der Waals surface area contributed by atoms with Crippen LogP contribution in [0.5, 0.6) is 0 Å². The quantitative estimate of drug-likeness (QED) is 0.155. The highest BCUT2D eigenvalue weighted by Crippen LogP contribution is 2.37. The standard InChI is InChI=1S/C32H29ClF2N8O/c1-2-26(19-7-4-3-5-8-19)40-28-22(14-36)15-37-30-24(28)12-23(13-25(30)33)39-29(27-16-38-42-41-27)20-9-6-10-21(11-20)31(44)43-17-32(34,35)18-43/h3-13,15-16,26,29,38-39,41-42H,2,17-18H2,1H3,(H,37,40)/t26-,29+/m1/s1. The van der Waals surface area contributed by atoms with Gasteiger partial charge in [-0.15, -0.1) is 0 Å². The lowest BCUT2D eigenvalue weighted by Gasteiger charge is -2.38. The molecule has 0 saturated carbocycles. The Labute approximate surface area is 257 Å². The number of nitrogens with zero attached hydrogens (tertiary/aromatic N) is 3. The summed E-state index contributed by atoms with van der Waals surface area (Å²) in [5, 5.41) is 18.1. The molecule has 2 aliphatic heterocycles. The van der Waals surface area contributed by atoms with Gasteiger partial charge in [-0.1, -0.05) is 61.0 Å². The normalized spacial score (nSPS) is 16.5. The number of carbonyl (C=O) groups is 1. The van der Waals surface area contributed by atoms with Gasteiger partial charge in [0.25, 0.3) is 11.8 Å². The number of pyridine rings is 1. The van der Waals surface area contributed by atoms with Crippen LogP contribution in [-0.4, -0.2) is 34.8 Å². The Bertz CT molecular complexity index is 1780. The van der Waals surface area contributed by atoms with Crippen molar-refractivity contribution < 1.29 is 13.6 Å². The van der Waals surface area contributed by atoms with Crippen LogP contribution in [0, 0.1) is 11.3 Å². The summed E-state index contributed by atoms with van der Waals surface area (Å²) in [7, 11) is 0. The molecule has 9 nitrogen and oxygen atoms in total. The van der Waals surface area contributed by atoms with Crippen LogP contribution >= 0.6 is 11.6 Å². The van der Waals surface area contributed by atoms with Crippen molar-refractivity contribution in [2.45, 2.75) is 31.4 Å². The summed E-state index contributed by atoms with van der Waals surface area (Å²) in [5.41, 5.74) is 13.8. The molecule has 0 spiro atoms. The molecule has 44 heavy (non-hydrogen) atoms. The van der Waals surface area contributed by atoms with Gasteiger partial charge in [0.15, 0.2) is 0 Å². The Morgan fingerprint density at radius 1 is 1.11 bits per heavy atom. The van der Waals surface area contributed by atoms with Crippen LogP contribution < -0.4 is 27.0 Å². The summed E-state index contributed by atoms with van der Waals surface area (Å²) in [6, 6.07) is 22.2. The van der Waals surface area contributed by atoms with Crippen molar-refractivity contribution in [3.8, 4) is 6.07 Å². The lowest BCUT2D eigenvalue weighted by molar-refractivity contribution is -0.113. The summed E-state index contributed by atoms with van der Waals surface area (Å²) in [4.78, 5) is 18.5. The molecule has 1 saturated heterocycles. The minimum absolute atomic E-state index is 0.0614. The van der Waals surface area contributed by atoms with Crippen molar-refractivity contribution >= 4 is 39.8 Å². The van der Waals surface area contributed by atoms with Gasteiger partial charge in [-0.25, -0.2) is 8.78 Å². The Balaban J connectivity index is 1.37. The minimum atomic E-state index is -2.85. The monoisotopic (exact) mass is 614 g/mol. The molecule has 1 aromatic heterocycles. The number of anilines is 2. The third-order valence-electron chi connectivity index (χ3n) is 7.70. The topological polar surface area (TPSA) is 117 Å². The highest BCUT2D eigenvalue weighted by Gasteiger charge is 2.46. The molecule has 4 aromatic rings. The van der Waals surface area contributed by atoms with E-state index in [0.29, 0.717) is 49.7 Å². The molecule has 0 radical (unpaired) electrons. The molecule has 2 atom stereocenters. The number of rotatable bonds is 9. The van der Waals surface area contributed by atoms with Crippen molar-refractivity contribution in [1.82, 2.24) is 26.3 Å². The van der Waals surface area contributed by atoms with Crippen LogP contribution in [0.15, 0.2) is 84.8 Å². The molecule has 6 rings (SSSR count). The second-order valence-electron chi connectivity index (χ2n) is 10.7. The van der Waals surface area contributed by atoms with Gasteiger partial charge < -0.3 is 26.4 Å². The number of hydrogen-bond acceptors (Lipinski definition) is 8. The Morgan fingerprint density at radius 3 is 2.57 bits per heavy atom. The smallest absolute Gasteiger partial charge is 0.282 e. The van der Waals surface area contributed by atoms with Crippen LogP contribution in [0.3, 0.4) is 0 Å². The molecule has 1 amide bonds. The second-order valence-corrected chi connectivity index (χ2v) is 11.1. The number of aromatic nitrogens is 1. The Hall–Kier alpha value is -4.92. The summed E-state index contributed by atoms with van der Waals surface area (Å²) in [5.74, 6) is -3.31. The predicted molar refractivity (Wildman–Crippen MR) is 166 cm³/mol. The van der Waals surface area contributed by atoms with E-state index < -0.39 is 31.0 Å². The Morgan fingerprint density at radius 2 is 1.89 bits per heavy atom. The average molecular weight is 615 g/mol. The first kappa shape index (κ1) is 29.2. The Kier molecular flexibility index (Phi) is 7.95. The fraction of sp³-hybridized carbons (Fsp3) is 0.219. The number of hydrogen-bond donors (Lipinski definition) is 5. The van der Waals surface area contributed by atoms with Gasteiger partial charge in [0, 0.05) is 29.0 Å². The average Bonchev–Trinajstić information content (AvgIpc) is 3.56. The molecule has 0 bridgehead atoms. The first-order chi connectivity index (χ1) is 21.3. The maximum atomic E-state index is 13.4. The van der Waals surface area contributed by atoms with Gasteiger partial charge in [0.05, 0.1) is 52.7 Å². The van der Waals surface area contributed by atoms with Crippen LogP contribution in [0.4, 0.5) is 20.2 Å². The van der Waals surface area contributed by atoms with E-state index in [0.717, 1.165) is 16.9 Å². The number of halogens is 3. The maximum Gasteiger partial charge on any atom is 0.282 e. The number of nitriles is 1. The molecule has 2 aliphatic rings. The molecule has 0 unspecified atom stereocenters. The largest absolute Gasteiger partial charge is 0.377 e. The second kappa shape index (κ2) is 12.0. The number of hydrazine groups is 2. The van der Waals surface area contributed by atoms with Crippen molar-refractivity contribution in [3.05, 3.63) is 112 Å². The van der Waals surface area contributed by atoms with E-state index in [1.54, 1.807) is 30.5 Å². The molecule has 0 aliphatic carbocycles. The highest BCUT2D eigenvalue weighted by atomic mass is 35.5. The number of alkyl halides is 2. The van der Waals surface area contributed by atoms with Crippen LogP contribution in [0.2, 0.25) is 5.02 Å². The van der Waals surface area contributed by atoms with Gasteiger partial charge in [0.1, 0.15) is 6.07 Å². The van der Waals surface area contributed by atoms with E-state index in [1.807, 2.05) is 42.5 Å². The molecule has 12 heteroatoms. The van der Waals surface area contributed by atoms with Crippen molar-refractivity contribution in [1.29, 1.82) is 5.26 Å². The number of fused-ring (bicyclic) bond motifs is 1. The third kappa shape index (κ3) is 5.82. The predicted octanol–water partition coefficient (Wildman–Crippen LogP) is 6.02. The van der Waals surface area contributed by atoms with Gasteiger partial charge in [0.2, 0.25) is 0 Å². The number of likely N-dealkylation sites (tertiary alicyclic amines) is 1. The minimum Gasteiger partial charge on any atom is -0.377 e. The first-order valence-electron chi connectivity index (χ1n) is 14.1. The zero-order valence-electron chi connectivity index (χ0n) is 23.7. The molecule has 224 valence electrons. The molecule has 5 N–H and O–H groups in total. The SMILES string of the molecule is CC[C@@H](Nc1c(C#N)cnc2c(Cl)cc(N[C@H](C3=CNNN3)c3cccc(C(=O)N4CC(F)(F)C4)c3)cc12)c1ccccc1. The van der Waals surface area contributed by atoms with Gasteiger partial charge in [-0.3, -0.25) is 9.78 Å². The zero-order chi connectivity index (χ0) is 30.8. The fourth-order valence-electron chi connectivity index (χ4n) is 5.47. The summed E-state index contributed by atoms with van der Waals surface area (Å²) in [6.45, 7) is 0.889. The molecular weight excluding hydrogens is 586 g/mol. The maximum absolute atomic E-state index is 13.4. The van der Waals surface area contributed by atoms with Crippen LogP contribution in [-0.2, 0) is 0 Å². The first-order valence-corrected chi connectivity index (χ1v) is 14.5. The van der Waals surface area contributed by atoms with Crippen LogP contribution in [0.1, 0.15) is 52.5 Å². The van der Waals surface area contributed by atoms with E-state index in [2.05, 4.69) is 45.0 Å². The van der Waals surface area contributed by atoms with E-state index in [9.17, 15) is 18.8 Å². The third-order valence-corrected chi connectivity index (χ3v) is 7.99. The van der Waals surface area contributed by atoms with Crippen LogP contribution in [0.25, 0.3) is 10.9 Å². The summed E-state index contributed by atoms with van der Waals surface area (Å²) >= 11 is 6.77. The van der Waals surface area contributed by atoms with E-state index in [-0.39, 0.29) is 6.04 Å². The lowest BCUT2D eigenvalue weighted by Crippen LogP contribution is -2.58. The summed E-state index contributed by atoms with van der Waals surface area (Å²) in [6.07, 6.45) is 4.03. The molecule has 3 heterocycles. The van der Waals surface area contributed by atoms with Crippen molar-refractivity contribution in [2.24, 2.45) is 0 Å². The fourth-order valence-corrected chi connectivity index (χ4v) is 5.74. The lowest BCUT2D eigenvalue weighted by atomic mass is 9.99. The molecule has 3 aromatic carbocycles. The van der Waals surface area contributed by atoms with E-state index in [1.165, 1.54) is 6.20 Å². The molecule has 1 fully saturated rings. The van der Waals surface area contributed by atoms with Gasteiger partial charge in [-0.05, 0) is 41.8 Å². The molecular formula is C32H29ClF2N8O. The van der Waals surface area contributed by atoms with Crippen molar-refractivity contribution in [3.63, 3.8) is 0 Å².